The van der Waals surface area contributed by atoms with Crippen molar-refractivity contribution >= 4 is 5.91 Å². The van der Waals surface area contributed by atoms with Crippen molar-refractivity contribution in [3.8, 4) is 11.5 Å². The quantitative estimate of drug-likeness (QED) is 0.861. The summed E-state index contributed by atoms with van der Waals surface area (Å²) < 4.78 is 18.6. The van der Waals surface area contributed by atoms with Gasteiger partial charge in [-0.3, -0.25) is 4.79 Å². The summed E-state index contributed by atoms with van der Waals surface area (Å²) in [6.45, 7) is 2.15. The van der Waals surface area contributed by atoms with E-state index >= 15 is 0 Å². The van der Waals surface area contributed by atoms with Crippen LogP contribution in [0.4, 0.5) is 4.39 Å². The van der Waals surface area contributed by atoms with Crippen LogP contribution >= 0.6 is 0 Å². The number of nitrogens with two attached hydrogens (primary N) is 2. The van der Waals surface area contributed by atoms with E-state index in [0.717, 1.165) is 11.1 Å². The lowest BCUT2D eigenvalue weighted by Crippen LogP contribution is -2.23. The summed E-state index contributed by atoms with van der Waals surface area (Å²) in [7, 11) is 0. The first kappa shape index (κ1) is 16.0. The van der Waals surface area contributed by atoms with Crippen LogP contribution in [0.25, 0.3) is 0 Å². The number of benzene rings is 2. The zero-order chi connectivity index (χ0) is 16.1. The summed E-state index contributed by atoms with van der Waals surface area (Å²) in [6.07, 6.45) is 0.502. The molecule has 116 valence electrons. The van der Waals surface area contributed by atoms with Gasteiger partial charge in [0.2, 0.25) is 5.91 Å². The minimum atomic E-state index is -0.354. The summed E-state index contributed by atoms with van der Waals surface area (Å²) in [5.74, 6) is 0.187. The van der Waals surface area contributed by atoms with Crippen LogP contribution in [-0.2, 0) is 17.8 Å². The average Bonchev–Trinajstić information content (AvgIpc) is 2.50. The predicted molar refractivity (Wildman–Crippen MR) is 82.9 cm³/mol. The maximum absolute atomic E-state index is 12.9. The van der Waals surface area contributed by atoms with E-state index in [-0.39, 0.29) is 17.6 Å². The third kappa shape index (κ3) is 4.05. The van der Waals surface area contributed by atoms with Crippen molar-refractivity contribution in [2.45, 2.75) is 19.9 Å². The molecule has 1 atom stereocenters. The van der Waals surface area contributed by atoms with Gasteiger partial charge in [-0.1, -0.05) is 13.0 Å². The van der Waals surface area contributed by atoms with Gasteiger partial charge in [0.1, 0.15) is 17.3 Å². The molecule has 0 aliphatic carbocycles. The Morgan fingerprint density at radius 2 is 1.77 bits per heavy atom. The maximum atomic E-state index is 12.9. The molecule has 4 N–H and O–H groups in total. The molecule has 0 heterocycles. The highest BCUT2D eigenvalue weighted by Gasteiger charge is 2.13. The van der Waals surface area contributed by atoms with Crippen molar-refractivity contribution in [1.82, 2.24) is 0 Å². The van der Waals surface area contributed by atoms with Crippen LogP contribution in [-0.4, -0.2) is 5.91 Å². The maximum Gasteiger partial charge on any atom is 0.220 e. The minimum Gasteiger partial charge on any atom is -0.457 e. The molecule has 2 aromatic rings. The Labute approximate surface area is 128 Å². The van der Waals surface area contributed by atoms with E-state index < -0.39 is 0 Å². The molecular weight excluding hydrogens is 283 g/mol. The SMILES string of the molecule is CC(Cc1cc(Oc2ccc(F)cc2)ccc1CN)C(N)=O. The van der Waals surface area contributed by atoms with Gasteiger partial charge in [0.05, 0.1) is 0 Å². The molecule has 1 amide bonds. The van der Waals surface area contributed by atoms with Gasteiger partial charge in [0.25, 0.3) is 0 Å². The number of ether oxygens (including phenoxy) is 1. The number of hydrogen-bond donors (Lipinski definition) is 2. The number of hydrogen-bond acceptors (Lipinski definition) is 3. The second-order valence-corrected chi connectivity index (χ2v) is 5.20. The lowest BCUT2D eigenvalue weighted by molar-refractivity contribution is -0.121. The predicted octanol–water partition coefficient (Wildman–Crippen LogP) is 2.74. The van der Waals surface area contributed by atoms with Crippen molar-refractivity contribution in [2.75, 3.05) is 0 Å². The van der Waals surface area contributed by atoms with Crippen molar-refractivity contribution in [1.29, 1.82) is 0 Å². The zero-order valence-electron chi connectivity index (χ0n) is 12.4. The molecule has 0 bridgehead atoms. The second-order valence-electron chi connectivity index (χ2n) is 5.20. The first-order chi connectivity index (χ1) is 10.5. The van der Waals surface area contributed by atoms with E-state index in [1.807, 2.05) is 12.1 Å². The van der Waals surface area contributed by atoms with E-state index in [4.69, 9.17) is 16.2 Å². The fourth-order valence-electron chi connectivity index (χ4n) is 2.12. The standard InChI is InChI=1S/C17H19FN2O2/c1-11(17(20)21)8-13-9-16(5-2-12(13)10-19)22-15-6-3-14(18)4-7-15/h2-7,9,11H,8,10,19H2,1H3,(H2,20,21). The molecule has 0 aliphatic rings. The molecule has 0 aromatic heterocycles. The summed E-state index contributed by atoms with van der Waals surface area (Å²) in [5, 5.41) is 0. The van der Waals surface area contributed by atoms with Crippen LogP contribution < -0.4 is 16.2 Å². The molecule has 0 radical (unpaired) electrons. The van der Waals surface area contributed by atoms with Gasteiger partial charge in [-0.25, -0.2) is 4.39 Å². The van der Waals surface area contributed by atoms with E-state index in [1.165, 1.54) is 12.1 Å². The lowest BCUT2D eigenvalue weighted by atomic mass is 9.96. The fraction of sp³-hybridized carbons (Fsp3) is 0.235. The fourth-order valence-corrected chi connectivity index (χ4v) is 2.12. The van der Waals surface area contributed by atoms with Gasteiger partial charge < -0.3 is 16.2 Å². The second kappa shape index (κ2) is 7.04. The summed E-state index contributed by atoms with van der Waals surface area (Å²) in [4.78, 5) is 11.2. The molecular formula is C17H19FN2O2. The van der Waals surface area contributed by atoms with Crippen LogP contribution in [0.15, 0.2) is 42.5 Å². The van der Waals surface area contributed by atoms with Gasteiger partial charge >= 0.3 is 0 Å². The smallest absolute Gasteiger partial charge is 0.220 e. The number of carbonyl (C=O) groups is 1. The Kier molecular flexibility index (Phi) is 5.12. The molecule has 0 saturated heterocycles. The van der Waals surface area contributed by atoms with E-state index in [1.54, 1.807) is 25.1 Å². The molecule has 0 spiro atoms. The van der Waals surface area contributed by atoms with Crippen LogP contribution in [0.1, 0.15) is 18.1 Å². The van der Waals surface area contributed by atoms with E-state index in [2.05, 4.69) is 0 Å². The molecule has 0 fully saturated rings. The number of amides is 1. The summed E-state index contributed by atoms with van der Waals surface area (Å²) in [6, 6.07) is 11.3. The van der Waals surface area contributed by atoms with Crippen LogP contribution in [0.5, 0.6) is 11.5 Å². The first-order valence-electron chi connectivity index (χ1n) is 7.04. The van der Waals surface area contributed by atoms with Crippen LogP contribution in [0.3, 0.4) is 0 Å². The van der Waals surface area contributed by atoms with Gasteiger partial charge in [-0.05, 0) is 53.9 Å². The number of halogens is 1. The Bertz CT molecular complexity index is 656. The molecule has 2 rings (SSSR count). The lowest BCUT2D eigenvalue weighted by Gasteiger charge is -2.14. The van der Waals surface area contributed by atoms with Crippen LogP contribution in [0, 0.1) is 11.7 Å². The van der Waals surface area contributed by atoms with Gasteiger partial charge in [-0.15, -0.1) is 0 Å². The highest BCUT2D eigenvalue weighted by Crippen LogP contribution is 2.25. The van der Waals surface area contributed by atoms with Crippen LogP contribution in [0.2, 0.25) is 0 Å². The highest BCUT2D eigenvalue weighted by atomic mass is 19.1. The Morgan fingerprint density at radius 1 is 1.14 bits per heavy atom. The van der Waals surface area contributed by atoms with E-state index in [0.29, 0.717) is 24.5 Å². The molecule has 5 heteroatoms. The number of primary amides is 1. The molecule has 4 nitrogen and oxygen atoms in total. The van der Waals surface area contributed by atoms with Gasteiger partial charge in [0, 0.05) is 12.5 Å². The average molecular weight is 302 g/mol. The minimum absolute atomic E-state index is 0.286. The van der Waals surface area contributed by atoms with Gasteiger partial charge in [0.15, 0.2) is 0 Å². The Balaban J connectivity index is 2.22. The highest BCUT2D eigenvalue weighted by molar-refractivity contribution is 5.76. The molecule has 1 unspecified atom stereocenters. The first-order valence-corrected chi connectivity index (χ1v) is 7.04. The Morgan fingerprint density at radius 3 is 2.36 bits per heavy atom. The molecule has 0 saturated carbocycles. The number of carbonyl (C=O) groups excluding carboxylic acids is 1. The molecule has 2 aromatic carbocycles. The van der Waals surface area contributed by atoms with E-state index in [9.17, 15) is 9.18 Å². The zero-order valence-corrected chi connectivity index (χ0v) is 12.4. The monoisotopic (exact) mass is 302 g/mol. The number of rotatable bonds is 6. The molecule has 0 aliphatic heterocycles. The normalized spacial score (nSPS) is 12.0. The topological polar surface area (TPSA) is 78.3 Å². The van der Waals surface area contributed by atoms with Gasteiger partial charge in [-0.2, -0.15) is 0 Å². The third-order valence-electron chi connectivity index (χ3n) is 3.46. The third-order valence-corrected chi connectivity index (χ3v) is 3.46. The largest absolute Gasteiger partial charge is 0.457 e. The Hall–Kier alpha value is -2.40. The van der Waals surface area contributed by atoms with Crippen molar-refractivity contribution in [2.24, 2.45) is 17.4 Å². The van der Waals surface area contributed by atoms with Crippen molar-refractivity contribution in [3.05, 3.63) is 59.4 Å². The molecule has 22 heavy (non-hydrogen) atoms. The summed E-state index contributed by atoms with van der Waals surface area (Å²) in [5.41, 5.74) is 12.9. The van der Waals surface area contributed by atoms with Crippen molar-refractivity contribution in [3.63, 3.8) is 0 Å². The van der Waals surface area contributed by atoms with Crippen molar-refractivity contribution < 1.29 is 13.9 Å². The summed E-state index contributed by atoms with van der Waals surface area (Å²) >= 11 is 0.